The number of rotatable bonds is 5. The fourth-order valence-electron chi connectivity index (χ4n) is 2.18. The molecule has 2 atom stereocenters. The van der Waals surface area contributed by atoms with Gasteiger partial charge < -0.3 is 20.5 Å². The molecule has 0 aliphatic carbocycles. The van der Waals surface area contributed by atoms with E-state index in [9.17, 15) is 19.5 Å². The van der Waals surface area contributed by atoms with Crippen molar-refractivity contribution in [2.45, 2.75) is 44.8 Å². The van der Waals surface area contributed by atoms with E-state index in [2.05, 4.69) is 20.9 Å². The van der Waals surface area contributed by atoms with Gasteiger partial charge in [0.2, 0.25) is 5.91 Å². The van der Waals surface area contributed by atoms with Crippen molar-refractivity contribution in [3.63, 3.8) is 0 Å². The van der Waals surface area contributed by atoms with Crippen molar-refractivity contribution in [1.82, 2.24) is 5.32 Å². The van der Waals surface area contributed by atoms with Gasteiger partial charge in [-0.1, -0.05) is 0 Å². The molecule has 0 radical (unpaired) electrons. The monoisotopic (exact) mass is 394 g/mol. The average molecular weight is 394 g/mol. The number of carbonyl (C=O) groups excluding carboxylic acids is 3. The molecule has 10 heteroatoms. The molecular formula is C17H22N4O5S. The number of nitrogens with zero attached hydrogens (tertiary/aromatic N) is 2. The number of anilines is 1. The van der Waals surface area contributed by atoms with Gasteiger partial charge in [0.1, 0.15) is 12.1 Å². The zero-order chi connectivity index (χ0) is 20.2. The number of carbonyl (C=O) groups is 3. The summed E-state index contributed by atoms with van der Waals surface area (Å²) in [5, 5.41) is 21.3. The van der Waals surface area contributed by atoms with Crippen molar-refractivity contribution in [3.8, 4) is 0 Å². The maximum Gasteiger partial charge on any atom is 0.408 e. The van der Waals surface area contributed by atoms with Crippen molar-refractivity contribution < 1.29 is 24.2 Å². The Hall–Kier alpha value is -2.46. The minimum absolute atomic E-state index is 0.278. The molecule has 1 aromatic carbocycles. The van der Waals surface area contributed by atoms with Gasteiger partial charge in [-0.3, -0.25) is 9.59 Å². The molecule has 0 saturated carbocycles. The number of thioether (sulfide) groups is 1. The predicted molar refractivity (Wildman–Crippen MR) is 101 cm³/mol. The van der Waals surface area contributed by atoms with Crippen LogP contribution in [-0.4, -0.2) is 34.5 Å². The molecule has 1 aromatic rings. The fourth-order valence-corrected chi connectivity index (χ4v) is 2.83. The summed E-state index contributed by atoms with van der Waals surface area (Å²) in [7, 11) is 0. The topological polar surface area (TPSA) is 129 Å². The second-order valence-electron chi connectivity index (χ2n) is 6.92. The Kier molecular flexibility index (Phi) is 6.55. The Bertz CT molecular complexity index is 773. The highest BCUT2D eigenvalue weighted by atomic mass is 32.2. The fraction of sp³-hybridized carbons (Fsp3) is 0.471. The van der Waals surface area contributed by atoms with Crippen LogP contribution in [0.3, 0.4) is 0 Å². The first-order chi connectivity index (χ1) is 12.5. The molecule has 0 fully saturated rings. The minimum Gasteiger partial charge on any atom is -0.444 e. The van der Waals surface area contributed by atoms with Crippen LogP contribution in [0.1, 0.15) is 50.3 Å². The third kappa shape index (κ3) is 6.65. The molecule has 146 valence electrons. The van der Waals surface area contributed by atoms with Crippen LogP contribution in [0.25, 0.3) is 0 Å². The molecule has 0 spiro atoms. The summed E-state index contributed by atoms with van der Waals surface area (Å²) in [6, 6.07) is 4.96. The van der Waals surface area contributed by atoms with Crippen LogP contribution in [0.2, 0.25) is 0 Å². The lowest BCUT2D eigenvalue weighted by Gasteiger charge is -2.19. The highest BCUT2D eigenvalue weighted by molar-refractivity contribution is 8.14. The summed E-state index contributed by atoms with van der Waals surface area (Å²) in [5.41, 5.74) is 0.933. The van der Waals surface area contributed by atoms with E-state index in [1.165, 1.54) is 0 Å². The Morgan fingerprint density at radius 2 is 2.04 bits per heavy atom. The number of amides is 3. The van der Waals surface area contributed by atoms with Crippen molar-refractivity contribution >= 4 is 34.7 Å². The third-order valence-electron chi connectivity index (χ3n) is 3.28. The van der Waals surface area contributed by atoms with Gasteiger partial charge >= 0.3 is 11.3 Å². The molecular weight excluding hydrogens is 372 g/mol. The van der Waals surface area contributed by atoms with Crippen LogP contribution in [0.5, 0.6) is 0 Å². The molecule has 3 N–H and O–H groups in total. The van der Waals surface area contributed by atoms with E-state index in [-0.39, 0.29) is 6.54 Å². The zero-order valence-corrected chi connectivity index (χ0v) is 16.3. The highest BCUT2D eigenvalue weighted by Gasteiger charge is 2.24. The van der Waals surface area contributed by atoms with E-state index in [1.807, 2.05) is 0 Å². The lowest BCUT2D eigenvalue weighted by atomic mass is 10.1. The SMILES string of the molecule is CC(O)c1cc(NC(=O)CNC(=O)OC(C)(C)C)cc(C2N=NC(=O)S2)c1. The number of aliphatic hydroxyl groups is 1. The maximum atomic E-state index is 12.1. The highest BCUT2D eigenvalue weighted by Crippen LogP contribution is 2.38. The summed E-state index contributed by atoms with van der Waals surface area (Å²) in [6.07, 6.45) is -1.48. The molecule has 0 saturated heterocycles. The lowest BCUT2D eigenvalue weighted by molar-refractivity contribution is -0.115. The molecule has 3 amide bonds. The van der Waals surface area contributed by atoms with Gasteiger partial charge in [0, 0.05) is 5.69 Å². The van der Waals surface area contributed by atoms with Crippen molar-refractivity contribution in [2.24, 2.45) is 10.2 Å². The number of aliphatic hydroxyl groups excluding tert-OH is 1. The van der Waals surface area contributed by atoms with E-state index in [0.29, 0.717) is 16.8 Å². The minimum atomic E-state index is -0.778. The predicted octanol–water partition coefficient (Wildman–Crippen LogP) is 3.52. The zero-order valence-electron chi connectivity index (χ0n) is 15.5. The average Bonchev–Trinajstić information content (AvgIpc) is 2.97. The van der Waals surface area contributed by atoms with E-state index in [4.69, 9.17) is 4.74 Å². The maximum absolute atomic E-state index is 12.1. The number of nitrogens with one attached hydrogen (secondary N) is 2. The molecule has 0 aromatic heterocycles. The second-order valence-corrected chi connectivity index (χ2v) is 7.95. The molecule has 1 aliphatic heterocycles. The van der Waals surface area contributed by atoms with Gasteiger partial charge in [0.05, 0.1) is 6.10 Å². The summed E-state index contributed by atoms with van der Waals surface area (Å²) in [6.45, 7) is 6.47. The van der Waals surface area contributed by atoms with Crippen LogP contribution in [0.15, 0.2) is 28.4 Å². The third-order valence-corrected chi connectivity index (χ3v) is 4.15. The summed E-state index contributed by atoms with van der Waals surface area (Å²) in [5.74, 6) is -0.466. The van der Waals surface area contributed by atoms with E-state index >= 15 is 0 Å². The van der Waals surface area contributed by atoms with Crippen LogP contribution in [-0.2, 0) is 9.53 Å². The van der Waals surface area contributed by atoms with Crippen LogP contribution >= 0.6 is 11.8 Å². The number of hydrogen-bond acceptors (Lipinski definition) is 7. The molecule has 2 unspecified atom stereocenters. The van der Waals surface area contributed by atoms with Gasteiger partial charge in [-0.25, -0.2) is 4.79 Å². The van der Waals surface area contributed by atoms with Crippen molar-refractivity contribution in [2.75, 3.05) is 11.9 Å². The molecule has 0 bridgehead atoms. The van der Waals surface area contributed by atoms with Crippen molar-refractivity contribution in [3.05, 3.63) is 29.3 Å². The first-order valence-electron chi connectivity index (χ1n) is 8.24. The first kappa shape index (κ1) is 20.8. The van der Waals surface area contributed by atoms with Gasteiger partial charge in [0.15, 0.2) is 5.37 Å². The molecule has 2 rings (SSSR count). The summed E-state index contributed by atoms with van der Waals surface area (Å²) in [4.78, 5) is 35.0. The summed E-state index contributed by atoms with van der Waals surface area (Å²) < 4.78 is 5.06. The van der Waals surface area contributed by atoms with E-state index in [1.54, 1.807) is 45.9 Å². The molecule has 1 heterocycles. The van der Waals surface area contributed by atoms with E-state index < -0.39 is 34.3 Å². The van der Waals surface area contributed by atoms with Gasteiger partial charge in [-0.15, -0.1) is 5.11 Å². The van der Waals surface area contributed by atoms with E-state index in [0.717, 1.165) is 11.8 Å². The van der Waals surface area contributed by atoms with Crippen molar-refractivity contribution in [1.29, 1.82) is 0 Å². The Balaban J connectivity index is 2.05. The van der Waals surface area contributed by atoms with Crippen LogP contribution < -0.4 is 10.6 Å². The Morgan fingerprint density at radius 1 is 1.33 bits per heavy atom. The van der Waals surface area contributed by atoms with Crippen LogP contribution in [0.4, 0.5) is 15.3 Å². The number of alkyl carbamates (subject to hydrolysis) is 1. The molecule has 9 nitrogen and oxygen atoms in total. The molecule has 1 aliphatic rings. The summed E-state index contributed by atoms with van der Waals surface area (Å²) >= 11 is 0.946. The standard InChI is InChI=1S/C17H22N4O5S/c1-9(22)10-5-11(14-20-21-16(25)27-14)7-12(6-10)19-13(23)8-18-15(24)26-17(2,3)4/h5-7,9,14,22H,8H2,1-4H3,(H,18,24)(H,19,23). The number of ether oxygens (including phenoxy) is 1. The number of hydrogen-bond donors (Lipinski definition) is 3. The normalized spacial score (nSPS) is 17.5. The number of benzene rings is 1. The Labute approximate surface area is 161 Å². The lowest BCUT2D eigenvalue weighted by Crippen LogP contribution is -2.37. The van der Waals surface area contributed by atoms with Gasteiger partial charge in [-0.2, -0.15) is 5.11 Å². The van der Waals surface area contributed by atoms with Gasteiger partial charge in [0.25, 0.3) is 0 Å². The van der Waals surface area contributed by atoms with Crippen LogP contribution in [0, 0.1) is 0 Å². The Morgan fingerprint density at radius 3 is 2.59 bits per heavy atom. The largest absolute Gasteiger partial charge is 0.444 e. The first-order valence-corrected chi connectivity index (χ1v) is 9.12. The number of azo groups is 1. The second kappa shape index (κ2) is 8.49. The van der Waals surface area contributed by atoms with Gasteiger partial charge in [-0.05, 0) is 68.8 Å². The molecule has 27 heavy (non-hydrogen) atoms. The quantitative estimate of drug-likeness (QED) is 0.700. The smallest absolute Gasteiger partial charge is 0.408 e.